The monoisotopic (exact) mass is 470 g/mol. The third kappa shape index (κ3) is 3.69. The van der Waals surface area contributed by atoms with E-state index in [1.54, 1.807) is 6.92 Å². The maximum absolute atomic E-state index is 13.8. The second-order valence-electron chi connectivity index (χ2n) is 12.7. The second kappa shape index (κ2) is 8.34. The standard InChI is InChI=1S/C28H42N2O4/c1-17(23(31)26(3,4)5)24(32)30-25(33)34-22(19-12-10-9-11-13-19)18(2)29(30)21-16-20-14-15-28(21,8)27(20,6)7/h9-13,17-18,20-23,31H,14-16H2,1-8H3/t17-,18-,20+,21+,22-,23-,28-/m0/s1. The number of aliphatic hydroxyl groups excluding tert-OH is 1. The Morgan fingerprint density at radius 1 is 1.18 bits per heavy atom. The van der Waals surface area contributed by atoms with E-state index in [4.69, 9.17) is 4.74 Å². The average Bonchev–Trinajstić information content (AvgIpc) is 3.12. The van der Waals surface area contributed by atoms with Crippen molar-refractivity contribution in [2.45, 2.75) is 98.9 Å². The van der Waals surface area contributed by atoms with Gasteiger partial charge in [0, 0.05) is 6.04 Å². The van der Waals surface area contributed by atoms with Gasteiger partial charge in [-0.25, -0.2) is 4.79 Å². The number of cyclic esters (lactones) is 1. The minimum Gasteiger partial charge on any atom is -0.438 e. The third-order valence-electron chi connectivity index (χ3n) is 9.64. The summed E-state index contributed by atoms with van der Waals surface area (Å²) in [6, 6.07) is 9.61. The lowest BCUT2D eigenvalue weighted by atomic mass is 9.68. The van der Waals surface area contributed by atoms with Gasteiger partial charge in [0.15, 0.2) is 0 Å². The fraction of sp³-hybridized carbons (Fsp3) is 0.714. The number of hydrazine groups is 1. The number of benzene rings is 1. The molecule has 0 unspecified atom stereocenters. The van der Waals surface area contributed by atoms with Gasteiger partial charge >= 0.3 is 6.09 Å². The molecular formula is C28H42N2O4. The van der Waals surface area contributed by atoms with E-state index >= 15 is 0 Å². The van der Waals surface area contributed by atoms with Gasteiger partial charge in [0.1, 0.15) is 6.10 Å². The van der Waals surface area contributed by atoms with Crippen LogP contribution in [0.25, 0.3) is 0 Å². The molecule has 0 radical (unpaired) electrons. The predicted octanol–water partition coefficient (Wildman–Crippen LogP) is 5.57. The van der Waals surface area contributed by atoms with Gasteiger partial charge in [0.2, 0.25) is 0 Å². The van der Waals surface area contributed by atoms with Crippen molar-refractivity contribution in [3.05, 3.63) is 35.9 Å². The summed E-state index contributed by atoms with van der Waals surface area (Å²) < 4.78 is 5.93. The van der Waals surface area contributed by atoms with E-state index in [0.717, 1.165) is 18.4 Å². The van der Waals surface area contributed by atoms with Crippen LogP contribution in [0.2, 0.25) is 0 Å². The van der Waals surface area contributed by atoms with Crippen molar-refractivity contribution in [1.29, 1.82) is 0 Å². The smallest absolute Gasteiger partial charge is 0.432 e. The van der Waals surface area contributed by atoms with E-state index in [0.29, 0.717) is 5.92 Å². The van der Waals surface area contributed by atoms with Crippen LogP contribution in [-0.4, -0.2) is 45.3 Å². The number of amides is 2. The quantitative estimate of drug-likeness (QED) is 0.623. The SMILES string of the molecule is C[C@H](C(=O)N1C(=O)O[C@H](c2ccccc2)[C@H](C)N1[C@@H]1C[C@H]2CC[C@]1(C)C2(C)C)[C@H](O)C(C)(C)C. The normalized spacial score (nSPS) is 35.2. The van der Waals surface area contributed by atoms with Crippen LogP contribution in [0, 0.1) is 28.1 Å². The minimum absolute atomic E-state index is 0.0325. The highest BCUT2D eigenvalue weighted by molar-refractivity contribution is 5.93. The summed E-state index contributed by atoms with van der Waals surface area (Å²) in [6.45, 7) is 16.5. The maximum atomic E-state index is 13.8. The zero-order valence-corrected chi connectivity index (χ0v) is 22.0. The lowest BCUT2D eigenvalue weighted by Crippen LogP contribution is -2.67. The molecule has 4 rings (SSSR count). The molecule has 2 amide bonds. The zero-order valence-electron chi connectivity index (χ0n) is 22.0. The van der Waals surface area contributed by atoms with Crippen molar-refractivity contribution in [2.24, 2.45) is 28.1 Å². The van der Waals surface area contributed by atoms with Crippen LogP contribution in [0.4, 0.5) is 4.79 Å². The Hall–Kier alpha value is -1.92. The molecule has 188 valence electrons. The first-order valence-electron chi connectivity index (χ1n) is 12.8. The van der Waals surface area contributed by atoms with Crippen molar-refractivity contribution in [3.8, 4) is 0 Å². The molecule has 6 heteroatoms. The van der Waals surface area contributed by atoms with Gasteiger partial charge in [0.05, 0.1) is 18.1 Å². The summed E-state index contributed by atoms with van der Waals surface area (Å²) in [4.78, 5) is 27.4. The summed E-state index contributed by atoms with van der Waals surface area (Å²) in [5, 5.41) is 14.2. The topological polar surface area (TPSA) is 70.1 Å². The van der Waals surface area contributed by atoms with Gasteiger partial charge in [-0.2, -0.15) is 10.0 Å². The Balaban J connectivity index is 1.76. The predicted molar refractivity (Wildman–Crippen MR) is 131 cm³/mol. The first-order valence-corrected chi connectivity index (χ1v) is 12.8. The van der Waals surface area contributed by atoms with E-state index in [9.17, 15) is 14.7 Å². The van der Waals surface area contributed by atoms with Crippen LogP contribution < -0.4 is 0 Å². The Bertz CT molecular complexity index is 939. The summed E-state index contributed by atoms with van der Waals surface area (Å²) in [5.41, 5.74) is 0.524. The van der Waals surface area contributed by atoms with Crippen molar-refractivity contribution in [1.82, 2.24) is 10.0 Å². The van der Waals surface area contributed by atoms with Crippen molar-refractivity contribution in [3.63, 3.8) is 0 Å². The molecular weight excluding hydrogens is 428 g/mol. The number of carbonyl (C=O) groups is 2. The Kier molecular flexibility index (Phi) is 6.17. The molecule has 2 bridgehead atoms. The molecule has 1 saturated heterocycles. The number of ether oxygens (including phenoxy) is 1. The van der Waals surface area contributed by atoms with E-state index in [1.165, 1.54) is 11.4 Å². The fourth-order valence-corrected chi connectivity index (χ4v) is 6.93. The van der Waals surface area contributed by atoms with Crippen LogP contribution in [0.5, 0.6) is 0 Å². The third-order valence-corrected chi connectivity index (χ3v) is 9.64. The number of imide groups is 1. The number of rotatable bonds is 4. The van der Waals surface area contributed by atoms with Crippen LogP contribution in [0.1, 0.15) is 86.3 Å². The number of hydrogen-bond acceptors (Lipinski definition) is 5. The number of carbonyl (C=O) groups excluding carboxylic acids is 2. The molecule has 7 atom stereocenters. The molecule has 0 aromatic heterocycles. The number of hydrogen-bond donors (Lipinski definition) is 1. The second-order valence-corrected chi connectivity index (χ2v) is 12.7. The fourth-order valence-electron chi connectivity index (χ4n) is 6.93. The number of fused-ring (bicyclic) bond motifs is 2. The highest BCUT2D eigenvalue weighted by Crippen LogP contribution is 2.67. The molecule has 1 aromatic carbocycles. The van der Waals surface area contributed by atoms with Crippen molar-refractivity contribution in [2.75, 3.05) is 0 Å². The molecule has 34 heavy (non-hydrogen) atoms. The Morgan fingerprint density at radius 3 is 2.29 bits per heavy atom. The molecule has 1 aromatic rings. The molecule has 6 nitrogen and oxygen atoms in total. The van der Waals surface area contributed by atoms with Gasteiger partial charge in [-0.1, -0.05) is 78.8 Å². The Morgan fingerprint density at radius 2 is 1.79 bits per heavy atom. The van der Waals surface area contributed by atoms with Crippen LogP contribution in [-0.2, 0) is 9.53 Å². The van der Waals surface area contributed by atoms with Crippen LogP contribution in [0.15, 0.2) is 30.3 Å². The molecule has 2 saturated carbocycles. The van der Waals surface area contributed by atoms with E-state index in [-0.39, 0.29) is 22.9 Å². The highest BCUT2D eigenvalue weighted by Gasteiger charge is 2.65. The molecule has 1 N–H and O–H groups in total. The molecule has 3 aliphatic rings. The van der Waals surface area contributed by atoms with E-state index < -0.39 is 35.5 Å². The van der Waals surface area contributed by atoms with Crippen molar-refractivity contribution < 1.29 is 19.4 Å². The van der Waals surface area contributed by atoms with E-state index in [1.807, 2.05) is 56.1 Å². The lowest BCUT2D eigenvalue weighted by molar-refractivity contribution is -0.196. The molecule has 0 spiro atoms. The van der Waals surface area contributed by atoms with Gasteiger partial charge in [-0.3, -0.25) is 4.79 Å². The lowest BCUT2D eigenvalue weighted by Gasteiger charge is -2.53. The van der Waals surface area contributed by atoms with E-state index in [2.05, 4.69) is 27.7 Å². The summed E-state index contributed by atoms with van der Waals surface area (Å²) in [5.74, 6) is -0.581. The molecule has 2 aliphatic carbocycles. The van der Waals surface area contributed by atoms with Crippen LogP contribution >= 0.6 is 0 Å². The largest absolute Gasteiger partial charge is 0.438 e. The molecule has 1 aliphatic heterocycles. The average molecular weight is 471 g/mol. The molecule has 1 heterocycles. The van der Waals surface area contributed by atoms with Gasteiger partial charge in [-0.05, 0) is 53.9 Å². The van der Waals surface area contributed by atoms with Crippen LogP contribution in [0.3, 0.4) is 0 Å². The number of nitrogens with zero attached hydrogens (tertiary/aromatic N) is 2. The summed E-state index contributed by atoms with van der Waals surface area (Å²) in [6.07, 6.45) is 1.21. The maximum Gasteiger partial charge on any atom is 0.432 e. The number of aliphatic hydroxyl groups is 1. The highest BCUT2D eigenvalue weighted by atomic mass is 16.6. The van der Waals surface area contributed by atoms with Gasteiger partial charge < -0.3 is 9.84 Å². The molecule has 3 fully saturated rings. The minimum atomic E-state index is -0.885. The van der Waals surface area contributed by atoms with Crippen molar-refractivity contribution >= 4 is 12.0 Å². The summed E-state index contributed by atoms with van der Waals surface area (Å²) in [7, 11) is 0. The first kappa shape index (κ1) is 25.2. The summed E-state index contributed by atoms with van der Waals surface area (Å²) >= 11 is 0. The van der Waals surface area contributed by atoms with Gasteiger partial charge in [0.25, 0.3) is 5.91 Å². The zero-order chi connectivity index (χ0) is 25.2. The Labute approximate surface area is 204 Å². The van der Waals surface area contributed by atoms with Gasteiger partial charge in [-0.15, -0.1) is 0 Å². The first-order chi connectivity index (χ1) is 15.7.